The van der Waals surface area contributed by atoms with Crippen molar-refractivity contribution in [2.45, 2.75) is 32.3 Å². The van der Waals surface area contributed by atoms with E-state index < -0.39 is 12.4 Å². The zero-order valence-corrected chi connectivity index (χ0v) is 15.0. The summed E-state index contributed by atoms with van der Waals surface area (Å²) in [7, 11) is 0. The van der Waals surface area contributed by atoms with Gasteiger partial charge >= 0.3 is 58.4 Å². The number of hydrogen-bond donors (Lipinski definition) is 0. The first kappa shape index (κ1) is 18.5. The van der Waals surface area contributed by atoms with E-state index in [-0.39, 0.29) is 69.8 Å². The third-order valence-electron chi connectivity index (χ3n) is 3.24. The molecule has 1 aliphatic rings. The van der Waals surface area contributed by atoms with Gasteiger partial charge in [0.1, 0.15) is 0 Å². The molecule has 1 unspecified atom stereocenters. The zero-order valence-electron chi connectivity index (χ0n) is 11.9. The van der Waals surface area contributed by atoms with Crippen LogP contribution in [0.4, 0.5) is 12.9 Å². The number of halogens is 3. The number of hydrogen-bond acceptors (Lipinski definition) is 2. The van der Waals surface area contributed by atoms with Crippen LogP contribution in [0.2, 0.25) is 0 Å². The van der Waals surface area contributed by atoms with Crippen molar-refractivity contribution < 1.29 is 73.8 Å². The van der Waals surface area contributed by atoms with Crippen LogP contribution in [-0.4, -0.2) is 26.3 Å². The maximum Gasteiger partial charge on any atom is 1.00 e. The van der Waals surface area contributed by atoms with Crippen molar-refractivity contribution >= 4 is 12.4 Å². The molecule has 1 fully saturated rings. The molecular formula is C13H17BF3KO2. The van der Waals surface area contributed by atoms with Crippen LogP contribution in [0.1, 0.15) is 24.8 Å². The van der Waals surface area contributed by atoms with Crippen LogP contribution in [0.5, 0.6) is 5.75 Å². The van der Waals surface area contributed by atoms with Gasteiger partial charge in [-0.3, -0.25) is 0 Å². The fraction of sp³-hybridized carbons (Fsp3) is 0.538. The van der Waals surface area contributed by atoms with Crippen molar-refractivity contribution in [1.29, 1.82) is 0 Å². The third kappa shape index (κ3) is 5.35. The minimum absolute atomic E-state index is 0. The van der Waals surface area contributed by atoms with Gasteiger partial charge in [-0.2, -0.15) is 0 Å². The van der Waals surface area contributed by atoms with Gasteiger partial charge in [0.05, 0.1) is 18.5 Å². The molecular weight excluding hydrogens is 295 g/mol. The van der Waals surface area contributed by atoms with E-state index in [0.29, 0.717) is 12.0 Å². The van der Waals surface area contributed by atoms with Crippen molar-refractivity contribution in [3.63, 3.8) is 0 Å². The van der Waals surface area contributed by atoms with E-state index in [9.17, 15) is 12.9 Å². The van der Waals surface area contributed by atoms with Gasteiger partial charge in [0.2, 0.25) is 0 Å². The number of benzene rings is 1. The van der Waals surface area contributed by atoms with E-state index in [0.717, 1.165) is 25.5 Å². The van der Waals surface area contributed by atoms with Crippen LogP contribution in [0.15, 0.2) is 18.2 Å². The maximum absolute atomic E-state index is 12.9. The van der Waals surface area contributed by atoms with Crippen LogP contribution in [0.3, 0.4) is 0 Å². The Morgan fingerprint density at radius 2 is 2.10 bits per heavy atom. The standard InChI is InChI=1S/C13H17BF3O2.K/c1-10-4-5-13(12(9-10)14(15,16)17)19-8-6-11-3-2-7-18-11;/h4-5,9,11H,2-3,6-8H2,1H3;/q-1;+1. The molecule has 0 radical (unpaired) electrons. The van der Waals surface area contributed by atoms with Gasteiger partial charge in [0, 0.05) is 13.0 Å². The van der Waals surface area contributed by atoms with E-state index in [2.05, 4.69) is 0 Å². The van der Waals surface area contributed by atoms with Crippen LogP contribution < -0.4 is 61.6 Å². The monoisotopic (exact) mass is 312 g/mol. The van der Waals surface area contributed by atoms with Crippen molar-refractivity contribution in [3.8, 4) is 5.75 Å². The van der Waals surface area contributed by atoms with Gasteiger partial charge in [-0.1, -0.05) is 23.2 Å². The van der Waals surface area contributed by atoms with Crippen LogP contribution >= 0.6 is 0 Å². The Bertz CT molecular complexity index is 434. The number of aryl methyl sites for hydroxylation is 1. The fourth-order valence-electron chi connectivity index (χ4n) is 2.23. The predicted octanol–water partition coefficient (Wildman–Crippen LogP) is 0.00132. The largest absolute Gasteiger partial charge is 1.00 e. The summed E-state index contributed by atoms with van der Waals surface area (Å²) >= 11 is 0. The van der Waals surface area contributed by atoms with Crippen molar-refractivity contribution in [2.75, 3.05) is 13.2 Å². The van der Waals surface area contributed by atoms with E-state index in [4.69, 9.17) is 9.47 Å². The Kier molecular flexibility index (Phi) is 7.59. The Morgan fingerprint density at radius 1 is 1.35 bits per heavy atom. The summed E-state index contributed by atoms with van der Waals surface area (Å²) in [4.78, 5) is 0. The Labute approximate surface area is 159 Å². The molecule has 2 rings (SSSR count). The third-order valence-corrected chi connectivity index (χ3v) is 3.24. The molecule has 0 bridgehead atoms. The molecule has 1 heterocycles. The zero-order chi connectivity index (χ0) is 13.9. The van der Waals surface area contributed by atoms with Crippen LogP contribution in [0.25, 0.3) is 0 Å². The summed E-state index contributed by atoms with van der Waals surface area (Å²) in [5, 5.41) is 0. The topological polar surface area (TPSA) is 18.5 Å². The molecule has 1 aliphatic heterocycles. The molecule has 20 heavy (non-hydrogen) atoms. The SMILES string of the molecule is Cc1ccc(OCCC2CCCO2)c([B-](F)(F)F)c1.[K+]. The second kappa shape index (κ2) is 8.20. The molecule has 1 saturated heterocycles. The smallest absolute Gasteiger partial charge is 0.496 e. The molecule has 0 spiro atoms. The number of rotatable bonds is 5. The predicted molar refractivity (Wildman–Crippen MR) is 69.0 cm³/mol. The molecule has 1 atom stereocenters. The van der Waals surface area contributed by atoms with E-state index >= 15 is 0 Å². The summed E-state index contributed by atoms with van der Waals surface area (Å²) in [6, 6.07) is 4.17. The molecule has 2 nitrogen and oxygen atoms in total. The van der Waals surface area contributed by atoms with Gasteiger partial charge in [-0.25, -0.2) is 0 Å². The first-order valence-corrected chi connectivity index (χ1v) is 6.52. The van der Waals surface area contributed by atoms with Crippen LogP contribution in [0, 0.1) is 6.92 Å². The van der Waals surface area contributed by atoms with E-state index in [1.165, 1.54) is 6.07 Å². The summed E-state index contributed by atoms with van der Waals surface area (Å²) < 4.78 is 49.4. The van der Waals surface area contributed by atoms with E-state index in [1.54, 1.807) is 13.0 Å². The summed E-state index contributed by atoms with van der Waals surface area (Å²) in [5.74, 6) is -0.0731. The first-order chi connectivity index (χ1) is 8.97. The molecule has 7 heteroatoms. The average molecular weight is 312 g/mol. The molecule has 0 aliphatic carbocycles. The van der Waals surface area contributed by atoms with Gasteiger partial charge in [-0.15, -0.1) is 0 Å². The minimum Gasteiger partial charge on any atom is -0.496 e. The first-order valence-electron chi connectivity index (χ1n) is 6.52. The normalized spacial score (nSPS) is 18.7. The van der Waals surface area contributed by atoms with E-state index in [1.807, 2.05) is 0 Å². The number of ether oxygens (including phenoxy) is 2. The Balaban J connectivity index is 0.00000200. The molecule has 1 aromatic rings. The molecule has 0 saturated carbocycles. The second-order valence-corrected chi connectivity index (χ2v) is 4.89. The summed E-state index contributed by atoms with van der Waals surface area (Å²) in [5.41, 5.74) is -0.0620. The summed E-state index contributed by atoms with van der Waals surface area (Å²) in [6.45, 7) is -2.40. The summed E-state index contributed by atoms with van der Waals surface area (Å²) in [6.07, 6.45) is 2.75. The minimum atomic E-state index is -5.04. The van der Waals surface area contributed by atoms with Crippen molar-refractivity contribution in [1.82, 2.24) is 0 Å². The molecule has 0 N–H and O–H groups in total. The molecule has 0 amide bonds. The van der Waals surface area contributed by atoms with Gasteiger partial charge in [-0.05, 0) is 25.8 Å². The van der Waals surface area contributed by atoms with Crippen molar-refractivity contribution in [2.24, 2.45) is 0 Å². The molecule has 106 valence electrons. The van der Waals surface area contributed by atoms with Gasteiger partial charge in [0.15, 0.2) is 0 Å². The Morgan fingerprint density at radius 3 is 2.70 bits per heavy atom. The quantitative estimate of drug-likeness (QED) is 0.713. The maximum atomic E-state index is 12.9. The van der Waals surface area contributed by atoms with Crippen LogP contribution in [-0.2, 0) is 4.74 Å². The second-order valence-electron chi connectivity index (χ2n) is 4.89. The Hall–Kier alpha value is 0.471. The fourth-order valence-corrected chi connectivity index (χ4v) is 2.23. The van der Waals surface area contributed by atoms with Gasteiger partial charge < -0.3 is 22.4 Å². The van der Waals surface area contributed by atoms with Crippen molar-refractivity contribution in [3.05, 3.63) is 23.8 Å². The van der Waals surface area contributed by atoms with Gasteiger partial charge in [0.25, 0.3) is 0 Å². The molecule has 0 aromatic heterocycles. The average Bonchev–Trinajstić information content (AvgIpc) is 2.83. The molecule has 1 aromatic carbocycles.